The topological polar surface area (TPSA) is 43.4 Å². The molecule has 1 atom stereocenters. The van der Waals surface area contributed by atoms with Crippen molar-refractivity contribution in [3.05, 3.63) is 60.7 Å². The number of benzene rings is 2. The summed E-state index contributed by atoms with van der Waals surface area (Å²) >= 11 is 0.252. The van der Waals surface area contributed by atoms with Crippen LogP contribution in [-0.2, 0) is 14.3 Å². The molecule has 0 bridgehead atoms. The van der Waals surface area contributed by atoms with Gasteiger partial charge in [0.05, 0.1) is 0 Å². The van der Waals surface area contributed by atoms with Crippen LogP contribution in [0.3, 0.4) is 0 Å². The number of rotatable bonds is 7. The van der Waals surface area contributed by atoms with E-state index in [1.807, 2.05) is 25.1 Å². The van der Waals surface area contributed by atoms with Gasteiger partial charge >= 0.3 is 145 Å². The van der Waals surface area contributed by atoms with E-state index in [1.54, 1.807) is 30.3 Å². The average molecular weight is 397 g/mol. The molecule has 0 aliphatic heterocycles. The van der Waals surface area contributed by atoms with Gasteiger partial charge in [0.25, 0.3) is 0 Å². The molecule has 124 valence electrons. The van der Waals surface area contributed by atoms with Crippen molar-refractivity contribution >= 4 is 29.5 Å². The van der Waals surface area contributed by atoms with E-state index in [4.69, 9.17) is 4.18 Å². The van der Waals surface area contributed by atoms with Gasteiger partial charge in [0, 0.05) is 0 Å². The zero-order valence-corrected chi connectivity index (χ0v) is 16.1. The third-order valence-electron chi connectivity index (χ3n) is 3.24. The first-order valence-electron chi connectivity index (χ1n) is 7.51. The molecule has 2 rings (SSSR count). The molecule has 0 fully saturated rings. The molecule has 0 N–H and O–H groups in total. The fourth-order valence-electron chi connectivity index (χ4n) is 2.43. The predicted octanol–water partition coefficient (Wildman–Crippen LogP) is 3.40. The monoisotopic (exact) mass is 398 g/mol. The van der Waals surface area contributed by atoms with Gasteiger partial charge in [-0.3, -0.25) is 0 Å². The molecule has 0 saturated carbocycles. The van der Waals surface area contributed by atoms with E-state index in [2.05, 4.69) is 26.0 Å². The molecule has 0 unspecified atom stereocenters. The van der Waals surface area contributed by atoms with Gasteiger partial charge in [-0.25, -0.2) is 0 Å². The third-order valence-corrected chi connectivity index (χ3v) is 7.25. The minimum absolute atomic E-state index is 0.0139. The Hall–Kier alpha value is -1.13. The molecule has 0 aliphatic carbocycles. The van der Waals surface area contributed by atoms with E-state index in [-0.39, 0.29) is 30.3 Å². The average Bonchev–Trinajstić information content (AvgIpc) is 2.47. The van der Waals surface area contributed by atoms with Crippen LogP contribution in [0.15, 0.2) is 65.6 Å². The van der Waals surface area contributed by atoms with Gasteiger partial charge in [-0.1, -0.05) is 0 Å². The van der Waals surface area contributed by atoms with Crippen molar-refractivity contribution in [2.24, 2.45) is 0 Å². The summed E-state index contributed by atoms with van der Waals surface area (Å²) < 4.78 is 31.2. The van der Waals surface area contributed by atoms with Gasteiger partial charge in [-0.05, 0) is 0 Å². The van der Waals surface area contributed by atoms with Crippen molar-refractivity contribution in [2.45, 2.75) is 42.5 Å². The van der Waals surface area contributed by atoms with E-state index < -0.39 is 10.1 Å². The summed E-state index contributed by atoms with van der Waals surface area (Å²) in [5.41, 5.74) is 0. The van der Waals surface area contributed by atoms with Crippen molar-refractivity contribution in [1.29, 1.82) is 0 Å². The summed E-state index contributed by atoms with van der Waals surface area (Å²) in [5, 5.41) is 0. The van der Waals surface area contributed by atoms with Crippen LogP contribution in [0.1, 0.15) is 27.2 Å². The van der Waals surface area contributed by atoms with Crippen LogP contribution in [0.2, 0.25) is 4.31 Å². The SMILES string of the molecule is C[C@@H](CC(C)(C)[Se]c1ccccc1)OS(=O)(=O)c1ccccc1. The van der Waals surface area contributed by atoms with E-state index in [0.717, 1.165) is 0 Å². The summed E-state index contributed by atoms with van der Waals surface area (Å²) in [4.78, 5) is 0.207. The molecule has 0 amide bonds. The molecule has 0 heterocycles. The first-order chi connectivity index (χ1) is 10.8. The van der Waals surface area contributed by atoms with Gasteiger partial charge < -0.3 is 0 Å². The Bertz CT molecular complexity index is 712. The van der Waals surface area contributed by atoms with Crippen molar-refractivity contribution in [2.75, 3.05) is 0 Å². The minimum atomic E-state index is -3.70. The molecule has 0 aromatic heterocycles. The zero-order valence-electron chi connectivity index (χ0n) is 13.6. The second kappa shape index (κ2) is 7.63. The van der Waals surface area contributed by atoms with Crippen LogP contribution < -0.4 is 4.46 Å². The molecule has 2 aromatic rings. The maximum absolute atomic E-state index is 12.3. The van der Waals surface area contributed by atoms with E-state index in [9.17, 15) is 8.42 Å². The molecule has 0 aliphatic rings. The van der Waals surface area contributed by atoms with Gasteiger partial charge in [-0.15, -0.1) is 0 Å². The molecule has 2 aromatic carbocycles. The molecule has 0 saturated heterocycles. The van der Waals surface area contributed by atoms with Gasteiger partial charge in [0.2, 0.25) is 0 Å². The number of hydrogen-bond donors (Lipinski definition) is 0. The molecule has 23 heavy (non-hydrogen) atoms. The molecule has 5 heteroatoms. The molecule has 0 radical (unpaired) electrons. The number of hydrogen-bond acceptors (Lipinski definition) is 3. The quantitative estimate of drug-likeness (QED) is 0.531. The summed E-state index contributed by atoms with van der Waals surface area (Å²) in [6.07, 6.45) is 0.328. The predicted molar refractivity (Wildman–Crippen MR) is 94.7 cm³/mol. The molecule has 0 spiro atoms. The van der Waals surface area contributed by atoms with Crippen LogP contribution in [-0.4, -0.2) is 29.5 Å². The van der Waals surface area contributed by atoms with Crippen LogP contribution in [0, 0.1) is 0 Å². The Morgan fingerprint density at radius 1 is 1.00 bits per heavy atom. The van der Waals surface area contributed by atoms with Gasteiger partial charge in [0.1, 0.15) is 0 Å². The van der Waals surface area contributed by atoms with Gasteiger partial charge in [0.15, 0.2) is 0 Å². The van der Waals surface area contributed by atoms with Crippen LogP contribution >= 0.6 is 0 Å². The van der Waals surface area contributed by atoms with Crippen molar-refractivity contribution in [3.8, 4) is 0 Å². The standard InChI is InChI=1S/C18H22O3SSe/c1-15(21-22(19,20)16-10-6-4-7-11-16)14-18(2,3)23-17-12-8-5-9-13-17/h4-13,15H,14H2,1-3H3/t15-/m0/s1. The maximum atomic E-state index is 12.3. The molecular weight excluding hydrogens is 375 g/mol. The normalized spacial score (nSPS) is 13.7. The van der Waals surface area contributed by atoms with E-state index >= 15 is 0 Å². The first kappa shape index (κ1) is 18.2. The van der Waals surface area contributed by atoms with E-state index in [1.165, 1.54) is 4.46 Å². The Labute approximate surface area is 145 Å². The Morgan fingerprint density at radius 3 is 2.09 bits per heavy atom. The Balaban J connectivity index is 1.99. The Morgan fingerprint density at radius 2 is 1.52 bits per heavy atom. The summed E-state index contributed by atoms with van der Waals surface area (Å²) in [6, 6.07) is 18.6. The Kier molecular flexibility index (Phi) is 6.04. The molecular formula is C18H22O3SSe. The fraction of sp³-hybridized carbons (Fsp3) is 0.333. The van der Waals surface area contributed by atoms with Crippen molar-refractivity contribution in [1.82, 2.24) is 0 Å². The molecule has 3 nitrogen and oxygen atoms in total. The second-order valence-electron chi connectivity index (χ2n) is 6.05. The van der Waals surface area contributed by atoms with Gasteiger partial charge in [-0.2, -0.15) is 0 Å². The van der Waals surface area contributed by atoms with Crippen LogP contribution in [0.25, 0.3) is 0 Å². The van der Waals surface area contributed by atoms with Crippen molar-refractivity contribution < 1.29 is 12.6 Å². The summed E-state index contributed by atoms with van der Waals surface area (Å²) in [5.74, 6) is 0. The fourth-order valence-corrected chi connectivity index (χ4v) is 6.16. The third kappa shape index (κ3) is 5.78. The van der Waals surface area contributed by atoms with Crippen LogP contribution in [0.4, 0.5) is 0 Å². The summed E-state index contributed by atoms with van der Waals surface area (Å²) in [7, 11) is -3.70. The van der Waals surface area contributed by atoms with E-state index in [0.29, 0.717) is 6.42 Å². The van der Waals surface area contributed by atoms with Crippen LogP contribution in [0.5, 0.6) is 0 Å². The second-order valence-corrected chi connectivity index (χ2v) is 11.4. The van der Waals surface area contributed by atoms with Crippen molar-refractivity contribution in [3.63, 3.8) is 0 Å². The first-order valence-corrected chi connectivity index (χ1v) is 10.6. The zero-order chi connectivity index (χ0) is 16.9. The summed E-state index contributed by atoms with van der Waals surface area (Å²) in [6.45, 7) is 6.15.